The Morgan fingerprint density at radius 3 is 2.30 bits per heavy atom. The molecular weight excluding hydrogens is 671 g/mol. The number of aliphatic hydroxyl groups excluding tert-OH is 1. The van der Waals surface area contributed by atoms with Gasteiger partial charge in [-0.15, -0.1) is 29.1 Å². The van der Waals surface area contributed by atoms with Gasteiger partial charge in [-0.25, -0.2) is 0 Å². The molecule has 1 N–H and O–H groups in total. The Hall–Kier alpha value is -3.33. The van der Waals surface area contributed by atoms with Gasteiger partial charge in [0, 0.05) is 38.1 Å². The van der Waals surface area contributed by atoms with Crippen molar-refractivity contribution in [1.29, 1.82) is 0 Å². The number of ketones is 1. The van der Waals surface area contributed by atoms with E-state index < -0.39 is 0 Å². The molecule has 0 unspecified atom stereocenters. The van der Waals surface area contributed by atoms with Gasteiger partial charge in [0.1, 0.15) is 0 Å². The molecule has 0 atom stereocenters. The van der Waals surface area contributed by atoms with E-state index in [1.54, 1.807) is 0 Å². The summed E-state index contributed by atoms with van der Waals surface area (Å²) in [4.78, 5) is 14.9. The van der Waals surface area contributed by atoms with E-state index in [2.05, 4.69) is 101 Å². The molecule has 0 aliphatic carbocycles. The number of hydrogen-bond donors (Lipinski definition) is 1. The normalized spacial score (nSPS) is 11.6. The number of fused-ring (bicyclic) bond motifs is 4. The van der Waals surface area contributed by atoms with Gasteiger partial charge in [0.05, 0.1) is 5.76 Å². The number of benzene rings is 4. The molecule has 0 saturated carbocycles. The molecule has 40 heavy (non-hydrogen) atoms. The van der Waals surface area contributed by atoms with Crippen LogP contribution < -0.4 is 0 Å². The smallest absolute Gasteiger partial charge is 0.155 e. The molecule has 0 spiro atoms. The first-order valence-electron chi connectivity index (χ1n) is 13.7. The first kappa shape index (κ1) is 31.2. The number of aliphatic hydroxyl groups is 1. The van der Waals surface area contributed by atoms with E-state index in [1.165, 1.54) is 68.9 Å². The monoisotopic (exact) mass is 709 g/mol. The van der Waals surface area contributed by atoms with Crippen LogP contribution in [0.1, 0.15) is 64.2 Å². The second kappa shape index (κ2) is 13.4. The number of hydrogen-bond acceptors (Lipinski definition) is 3. The van der Waals surface area contributed by atoms with E-state index in [9.17, 15) is 4.79 Å². The van der Waals surface area contributed by atoms with Crippen LogP contribution in [0.3, 0.4) is 0 Å². The van der Waals surface area contributed by atoms with Crippen molar-refractivity contribution < 1.29 is 30.0 Å². The van der Waals surface area contributed by atoms with E-state index >= 15 is 0 Å². The van der Waals surface area contributed by atoms with Gasteiger partial charge in [-0.1, -0.05) is 81.1 Å². The molecule has 3 nitrogen and oxygen atoms in total. The number of nitrogens with zero attached hydrogens (tertiary/aromatic N) is 1. The summed E-state index contributed by atoms with van der Waals surface area (Å²) >= 11 is 0. The zero-order valence-corrected chi connectivity index (χ0v) is 26.8. The molecule has 0 fully saturated rings. The van der Waals surface area contributed by atoms with Crippen LogP contribution in [0.2, 0.25) is 0 Å². The van der Waals surface area contributed by atoms with Crippen molar-refractivity contribution in [2.24, 2.45) is 5.92 Å². The fraction of sp³-hybridized carbons (Fsp3) is 0.278. The van der Waals surface area contributed by atoms with E-state index in [4.69, 9.17) is 10.1 Å². The van der Waals surface area contributed by atoms with E-state index in [0.29, 0.717) is 11.8 Å². The summed E-state index contributed by atoms with van der Waals surface area (Å²) in [5.41, 5.74) is 6.24. The molecule has 1 heterocycles. The maximum absolute atomic E-state index is 10.0. The van der Waals surface area contributed by atoms with E-state index in [1.807, 2.05) is 6.20 Å². The van der Waals surface area contributed by atoms with Gasteiger partial charge in [-0.05, 0) is 77.8 Å². The van der Waals surface area contributed by atoms with Crippen LogP contribution in [0.4, 0.5) is 0 Å². The van der Waals surface area contributed by atoms with Gasteiger partial charge in [-0.3, -0.25) is 9.78 Å². The van der Waals surface area contributed by atoms with E-state index in [-0.39, 0.29) is 31.6 Å². The summed E-state index contributed by atoms with van der Waals surface area (Å²) < 4.78 is 0. The standard InChI is InChI=1S/C31H30N.C5H8O2.Ir/c1-19(2)14-25-17-26(16-24-11-10-22-8-6-7-9-27(22)30(24)25)31-29-15-21(5)28(20(3)4)18-23(29)12-13-32-31;1-4(6)3-5(2)7;/h6-13,15,17-20H,14H2,1-5H3;3,6H,1-2H3;/q-1;;/b;4-3-;. The van der Waals surface area contributed by atoms with E-state index in [0.717, 1.165) is 17.7 Å². The Morgan fingerprint density at radius 2 is 1.68 bits per heavy atom. The first-order valence-corrected chi connectivity index (χ1v) is 13.7. The summed E-state index contributed by atoms with van der Waals surface area (Å²) in [6.45, 7) is 14.2. The third-order valence-corrected chi connectivity index (χ3v) is 6.91. The predicted octanol–water partition coefficient (Wildman–Crippen LogP) is 9.67. The summed E-state index contributed by atoms with van der Waals surface area (Å²) in [5.74, 6) is 1.02. The molecule has 1 radical (unpaired) electrons. The molecule has 209 valence electrons. The van der Waals surface area contributed by atoms with Gasteiger partial charge in [0.2, 0.25) is 0 Å². The molecule has 1 aromatic heterocycles. The van der Waals surface area contributed by atoms with Crippen LogP contribution in [0.25, 0.3) is 43.6 Å². The predicted molar refractivity (Wildman–Crippen MR) is 165 cm³/mol. The second-order valence-corrected chi connectivity index (χ2v) is 11.2. The zero-order valence-electron chi connectivity index (χ0n) is 24.4. The van der Waals surface area contributed by atoms with Crippen molar-refractivity contribution in [1.82, 2.24) is 4.98 Å². The van der Waals surface area contributed by atoms with Crippen LogP contribution in [-0.4, -0.2) is 15.9 Å². The number of carbonyl (C=O) groups excluding carboxylic acids is 1. The third-order valence-electron chi connectivity index (χ3n) is 6.91. The molecule has 5 rings (SSSR count). The molecule has 0 aliphatic rings. The zero-order chi connectivity index (χ0) is 28.3. The molecule has 0 aliphatic heterocycles. The summed E-state index contributed by atoms with van der Waals surface area (Å²) in [5, 5.41) is 15.9. The van der Waals surface area contributed by atoms with Gasteiger partial charge in [-0.2, -0.15) is 0 Å². The molecule has 0 bridgehead atoms. The Balaban J connectivity index is 0.000000492. The molecular formula is C36H38IrNO2-. The third kappa shape index (κ3) is 7.05. The fourth-order valence-electron chi connectivity index (χ4n) is 5.36. The molecule has 5 aromatic rings. The van der Waals surface area contributed by atoms with Crippen LogP contribution in [0.5, 0.6) is 0 Å². The molecule has 4 heteroatoms. The number of rotatable bonds is 5. The van der Waals surface area contributed by atoms with Crippen molar-refractivity contribution in [2.75, 3.05) is 0 Å². The number of carbonyl (C=O) groups is 1. The maximum Gasteiger partial charge on any atom is 0.155 e. The quantitative estimate of drug-likeness (QED) is 0.0857. The Labute approximate surface area is 251 Å². The number of pyridine rings is 1. The van der Waals surface area contributed by atoms with Crippen molar-refractivity contribution in [3.8, 4) is 11.3 Å². The topological polar surface area (TPSA) is 50.2 Å². The Bertz CT molecular complexity index is 1690. The summed E-state index contributed by atoms with van der Waals surface area (Å²) in [6, 6.07) is 26.0. The SMILES string of the molecule is CC(=O)/C=C(/C)O.Cc1cc2c(-c3[c-]c4ccc5ccccc5c4c(CC(C)C)c3)nccc2cc1C(C)C.[Ir]. The minimum absolute atomic E-state index is 0. The van der Waals surface area contributed by atoms with Gasteiger partial charge >= 0.3 is 0 Å². The minimum Gasteiger partial charge on any atom is -0.512 e. The average molecular weight is 709 g/mol. The number of aryl methyl sites for hydroxylation is 1. The van der Waals surface area contributed by atoms with Gasteiger partial charge in [0.15, 0.2) is 5.78 Å². The summed E-state index contributed by atoms with van der Waals surface area (Å²) in [7, 11) is 0. The van der Waals surface area contributed by atoms with Crippen LogP contribution in [0, 0.1) is 18.9 Å². The minimum atomic E-state index is -0.125. The Morgan fingerprint density at radius 1 is 0.950 bits per heavy atom. The number of aromatic nitrogens is 1. The largest absolute Gasteiger partial charge is 0.512 e. The fourth-order valence-corrected chi connectivity index (χ4v) is 5.36. The second-order valence-electron chi connectivity index (χ2n) is 11.2. The first-order chi connectivity index (χ1) is 18.5. The van der Waals surface area contributed by atoms with Crippen molar-refractivity contribution >= 4 is 38.1 Å². The van der Waals surface area contributed by atoms with Crippen LogP contribution in [-0.2, 0) is 31.3 Å². The average Bonchev–Trinajstić information content (AvgIpc) is 2.86. The van der Waals surface area contributed by atoms with Crippen LogP contribution in [0.15, 0.2) is 78.7 Å². The maximum atomic E-state index is 10.0. The number of allylic oxidation sites excluding steroid dienone is 2. The molecule has 4 aromatic carbocycles. The van der Waals surface area contributed by atoms with Gasteiger partial charge in [0.25, 0.3) is 0 Å². The van der Waals surface area contributed by atoms with Gasteiger partial charge < -0.3 is 5.11 Å². The molecule has 0 amide bonds. The summed E-state index contributed by atoms with van der Waals surface area (Å²) in [6.07, 6.45) is 4.14. The van der Waals surface area contributed by atoms with Crippen LogP contribution >= 0.6 is 0 Å². The van der Waals surface area contributed by atoms with Crippen molar-refractivity contribution in [3.63, 3.8) is 0 Å². The van der Waals surface area contributed by atoms with Crippen molar-refractivity contribution in [3.05, 3.63) is 101 Å². The Kier molecular flexibility index (Phi) is 10.4. The molecule has 0 saturated heterocycles. The van der Waals surface area contributed by atoms with Crippen molar-refractivity contribution in [2.45, 2.75) is 60.8 Å².